The van der Waals surface area contributed by atoms with E-state index in [1.54, 1.807) is 42.5 Å². The molecular weight excluding hydrogens is 805 g/mol. The van der Waals surface area contributed by atoms with Crippen LogP contribution >= 0.6 is 7.82 Å². The van der Waals surface area contributed by atoms with Crippen LogP contribution in [0.15, 0.2) is 97.2 Å². The van der Waals surface area contributed by atoms with Crippen molar-refractivity contribution in [2.24, 2.45) is 5.73 Å². The molecule has 7 N–H and O–H groups in total. The van der Waals surface area contributed by atoms with Gasteiger partial charge in [-0.3, -0.25) is 23.4 Å². The quantitative estimate of drug-likeness (QED) is 0.0113. The van der Waals surface area contributed by atoms with E-state index in [9.17, 15) is 39.2 Å². The molecule has 0 aromatic rings. The van der Waals surface area contributed by atoms with Gasteiger partial charge in [0.15, 0.2) is 6.10 Å². The standard InChI is InChI=1S/C46H74NO13P/c1-3-5-7-8-9-10-11-12-13-14-15-16-17-18-19-24-28-34-44(51)57-36-40(37-58-61(55,56)59-38-41(47)46(53)54)60-45(52)35-29-33-43(50)42(49)32-27-23-21-20-22-26-31-39(48)30-25-6-4-2/h6,9-10,12-13,15-16,20-23,25-27,31-32,39-43,48-50H,3-5,7-8,11,14,17-19,24,28-30,33-38,47H2,1-2H3,(H,53,54)(H,55,56)/b10-9-,13-12-,16-15-,22-20+,23-21-,25-6-,31-26+,32-27-/t39-,40+,41-,42+,43+/m0/s1. The van der Waals surface area contributed by atoms with Crippen LogP contribution in [0.1, 0.15) is 123 Å². The Balaban J connectivity index is 4.77. The molecular formula is C46H74NO13P. The lowest BCUT2D eigenvalue weighted by Gasteiger charge is -2.20. The summed E-state index contributed by atoms with van der Waals surface area (Å²) in [5.74, 6) is -2.80. The highest BCUT2D eigenvalue weighted by Gasteiger charge is 2.28. The van der Waals surface area contributed by atoms with E-state index < -0.39 is 76.0 Å². The predicted molar refractivity (Wildman–Crippen MR) is 239 cm³/mol. The molecule has 6 atom stereocenters. The van der Waals surface area contributed by atoms with Gasteiger partial charge in [0.1, 0.15) is 12.6 Å². The average Bonchev–Trinajstić information content (AvgIpc) is 3.22. The smallest absolute Gasteiger partial charge is 0.472 e. The number of carboxylic acid groups (broad SMARTS) is 1. The average molecular weight is 880 g/mol. The lowest BCUT2D eigenvalue weighted by Crippen LogP contribution is -2.34. The van der Waals surface area contributed by atoms with Gasteiger partial charge in [-0.25, -0.2) is 4.57 Å². The molecule has 0 amide bonds. The van der Waals surface area contributed by atoms with E-state index in [-0.39, 0.29) is 25.7 Å². The number of hydrogen-bond acceptors (Lipinski definition) is 12. The van der Waals surface area contributed by atoms with Crippen LogP contribution in [0, 0.1) is 0 Å². The maximum absolute atomic E-state index is 12.7. The third-order valence-electron chi connectivity index (χ3n) is 8.66. The first-order valence-corrected chi connectivity index (χ1v) is 23.1. The molecule has 0 spiro atoms. The van der Waals surface area contributed by atoms with E-state index >= 15 is 0 Å². The molecule has 0 radical (unpaired) electrons. The number of carboxylic acids is 1. The van der Waals surface area contributed by atoms with Crippen molar-refractivity contribution < 1.29 is 62.8 Å². The van der Waals surface area contributed by atoms with Crippen molar-refractivity contribution >= 4 is 25.7 Å². The largest absolute Gasteiger partial charge is 0.480 e. The van der Waals surface area contributed by atoms with Crippen LogP contribution < -0.4 is 5.73 Å². The highest BCUT2D eigenvalue weighted by Crippen LogP contribution is 2.43. The lowest BCUT2D eigenvalue weighted by atomic mass is 10.1. The van der Waals surface area contributed by atoms with E-state index in [1.807, 2.05) is 19.1 Å². The molecule has 0 saturated carbocycles. The number of ether oxygens (including phenoxy) is 2. The fourth-order valence-electron chi connectivity index (χ4n) is 5.12. The van der Waals surface area contributed by atoms with Crippen molar-refractivity contribution in [3.05, 3.63) is 97.2 Å². The van der Waals surface area contributed by atoms with Gasteiger partial charge in [-0.05, 0) is 70.6 Å². The van der Waals surface area contributed by atoms with E-state index in [2.05, 4.69) is 47.9 Å². The monoisotopic (exact) mass is 879 g/mol. The number of phosphoric acid groups is 1. The summed E-state index contributed by atoms with van der Waals surface area (Å²) in [5.41, 5.74) is 5.31. The Morgan fingerprint density at radius 3 is 1.87 bits per heavy atom. The van der Waals surface area contributed by atoms with Crippen LogP contribution in [0.3, 0.4) is 0 Å². The predicted octanol–water partition coefficient (Wildman–Crippen LogP) is 8.19. The third-order valence-corrected chi connectivity index (χ3v) is 9.61. The molecule has 15 heteroatoms. The van der Waals surface area contributed by atoms with Gasteiger partial charge >= 0.3 is 25.7 Å². The number of aliphatic hydroxyl groups excluding tert-OH is 3. The number of unbranched alkanes of at least 4 members (excludes halogenated alkanes) is 7. The molecule has 0 saturated heterocycles. The summed E-state index contributed by atoms with van der Waals surface area (Å²) in [4.78, 5) is 46.0. The molecule has 0 aliphatic carbocycles. The highest BCUT2D eigenvalue weighted by atomic mass is 31.2. The van der Waals surface area contributed by atoms with Gasteiger partial charge in [0.2, 0.25) is 0 Å². The Morgan fingerprint density at radius 2 is 1.23 bits per heavy atom. The lowest BCUT2D eigenvalue weighted by molar-refractivity contribution is -0.161. The van der Waals surface area contributed by atoms with Crippen molar-refractivity contribution in [2.45, 2.75) is 153 Å². The van der Waals surface area contributed by atoms with E-state index in [1.165, 1.54) is 25.3 Å². The molecule has 0 aliphatic rings. The summed E-state index contributed by atoms with van der Waals surface area (Å²) < 4.78 is 32.4. The summed E-state index contributed by atoms with van der Waals surface area (Å²) in [6.07, 6.45) is 38.4. The number of aliphatic carboxylic acids is 1. The minimum atomic E-state index is -4.83. The fraction of sp³-hybridized carbons (Fsp3) is 0.587. The summed E-state index contributed by atoms with van der Waals surface area (Å²) in [6, 6.07) is -1.59. The Kier molecular flexibility index (Phi) is 36.8. The molecule has 0 bridgehead atoms. The number of rotatable bonds is 38. The molecule has 61 heavy (non-hydrogen) atoms. The maximum Gasteiger partial charge on any atom is 0.472 e. The molecule has 0 heterocycles. The Bertz CT molecular complexity index is 1450. The van der Waals surface area contributed by atoms with Gasteiger partial charge in [-0.15, -0.1) is 0 Å². The highest BCUT2D eigenvalue weighted by molar-refractivity contribution is 7.47. The molecule has 0 fully saturated rings. The van der Waals surface area contributed by atoms with Crippen molar-refractivity contribution in [3.8, 4) is 0 Å². The number of esters is 2. The maximum atomic E-state index is 12.7. The van der Waals surface area contributed by atoms with E-state index in [0.29, 0.717) is 12.8 Å². The number of nitrogens with two attached hydrogens (primary N) is 1. The minimum Gasteiger partial charge on any atom is -0.480 e. The number of hydrogen-bond donors (Lipinski definition) is 6. The minimum absolute atomic E-state index is 0.0372. The Hall–Kier alpha value is -3.72. The summed E-state index contributed by atoms with van der Waals surface area (Å²) >= 11 is 0. The topological polar surface area (TPSA) is 232 Å². The normalized spacial score (nSPS) is 16.2. The first-order valence-electron chi connectivity index (χ1n) is 21.6. The molecule has 0 rings (SSSR count). The van der Waals surface area contributed by atoms with Gasteiger partial charge in [-0.2, -0.15) is 0 Å². The Morgan fingerprint density at radius 1 is 0.656 bits per heavy atom. The summed E-state index contributed by atoms with van der Waals surface area (Å²) in [6.45, 7) is 2.18. The van der Waals surface area contributed by atoms with Crippen molar-refractivity contribution in [1.29, 1.82) is 0 Å². The number of carbonyl (C=O) groups excluding carboxylic acids is 2. The van der Waals surface area contributed by atoms with Gasteiger partial charge in [0.25, 0.3) is 0 Å². The van der Waals surface area contributed by atoms with Gasteiger partial charge in [-0.1, -0.05) is 137 Å². The molecule has 0 aliphatic heterocycles. The van der Waals surface area contributed by atoms with Gasteiger partial charge < -0.3 is 40.5 Å². The number of phosphoric ester groups is 1. The van der Waals surface area contributed by atoms with Crippen LogP contribution in [-0.2, 0) is 37.5 Å². The van der Waals surface area contributed by atoms with Crippen molar-refractivity contribution in [1.82, 2.24) is 0 Å². The summed E-state index contributed by atoms with van der Waals surface area (Å²) in [7, 11) is -4.83. The number of carbonyl (C=O) groups is 3. The third kappa shape index (κ3) is 37.7. The van der Waals surface area contributed by atoms with Gasteiger partial charge in [0.05, 0.1) is 31.5 Å². The van der Waals surface area contributed by atoms with Crippen LogP contribution in [0.4, 0.5) is 0 Å². The molecule has 0 aromatic heterocycles. The second kappa shape index (κ2) is 39.1. The fourth-order valence-corrected chi connectivity index (χ4v) is 5.90. The van der Waals surface area contributed by atoms with Crippen LogP contribution in [0.25, 0.3) is 0 Å². The first kappa shape index (κ1) is 57.3. The van der Waals surface area contributed by atoms with E-state index in [4.69, 9.17) is 24.8 Å². The molecule has 14 nitrogen and oxygen atoms in total. The van der Waals surface area contributed by atoms with Gasteiger partial charge in [0, 0.05) is 12.8 Å². The van der Waals surface area contributed by atoms with Crippen LogP contribution in [0.2, 0.25) is 0 Å². The van der Waals surface area contributed by atoms with E-state index in [0.717, 1.165) is 51.4 Å². The van der Waals surface area contributed by atoms with Crippen LogP contribution in [0.5, 0.6) is 0 Å². The number of aliphatic hydroxyl groups is 3. The SMILES string of the molecule is CC/C=C\C[C@H](O)/C=C/C=C/C=C\C=C/[C@@H](O)[C@H](O)CCCC(=O)O[C@H](COC(=O)CCCCCC/C=C\C/C=C\C/C=C\CCCCC)COP(=O)(O)OC[C@H](N)C(=O)O. The molecule has 0 aromatic carbocycles. The zero-order valence-electron chi connectivity index (χ0n) is 36.3. The number of allylic oxidation sites excluding steroid dienone is 13. The molecule has 346 valence electrons. The summed E-state index contributed by atoms with van der Waals surface area (Å²) in [5, 5.41) is 39.3. The van der Waals surface area contributed by atoms with Crippen molar-refractivity contribution in [3.63, 3.8) is 0 Å². The van der Waals surface area contributed by atoms with Crippen LogP contribution in [-0.4, -0.2) is 93.5 Å². The Labute approximate surface area is 363 Å². The van der Waals surface area contributed by atoms with Crippen molar-refractivity contribution in [2.75, 3.05) is 19.8 Å². The molecule has 1 unspecified atom stereocenters. The second-order valence-corrected chi connectivity index (χ2v) is 15.8. The second-order valence-electron chi connectivity index (χ2n) is 14.3. The zero-order valence-corrected chi connectivity index (χ0v) is 37.2. The zero-order chi connectivity index (χ0) is 45.4. The first-order chi connectivity index (χ1) is 29.3.